The Bertz CT molecular complexity index is 1010. The molecule has 6 heteroatoms. The topological polar surface area (TPSA) is 62.4 Å². The van der Waals surface area contributed by atoms with E-state index in [9.17, 15) is 4.79 Å². The summed E-state index contributed by atoms with van der Waals surface area (Å²) in [7, 11) is 0. The molecule has 154 valence electrons. The molecule has 5 nitrogen and oxygen atoms in total. The van der Waals surface area contributed by atoms with Crippen LogP contribution in [0.4, 0.5) is 17.1 Å². The van der Waals surface area contributed by atoms with Crippen LogP contribution in [-0.4, -0.2) is 17.6 Å². The van der Waals surface area contributed by atoms with Crippen LogP contribution in [-0.2, 0) is 0 Å². The summed E-state index contributed by atoms with van der Waals surface area (Å²) in [4.78, 5) is 12.5. The molecule has 30 heavy (non-hydrogen) atoms. The second kappa shape index (κ2) is 9.89. The summed E-state index contributed by atoms with van der Waals surface area (Å²) in [5.41, 5.74) is 5.33. The van der Waals surface area contributed by atoms with Gasteiger partial charge in [-0.25, -0.2) is 0 Å². The molecular formula is C24H25N3O2S. The van der Waals surface area contributed by atoms with Gasteiger partial charge in [0.2, 0.25) is 0 Å². The van der Waals surface area contributed by atoms with E-state index in [0.717, 1.165) is 28.3 Å². The van der Waals surface area contributed by atoms with Crippen molar-refractivity contribution < 1.29 is 9.53 Å². The van der Waals surface area contributed by atoms with Gasteiger partial charge < -0.3 is 20.7 Å². The summed E-state index contributed by atoms with van der Waals surface area (Å²) in [6, 6.07) is 20.5. The fourth-order valence-electron chi connectivity index (χ4n) is 3.00. The number of carbonyl (C=O) groups is 1. The van der Waals surface area contributed by atoms with Crippen LogP contribution < -0.4 is 20.7 Å². The average Bonchev–Trinajstić information content (AvgIpc) is 2.73. The Morgan fingerprint density at radius 3 is 2.00 bits per heavy atom. The smallest absolute Gasteiger partial charge is 0.255 e. The maximum absolute atomic E-state index is 12.5. The van der Waals surface area contributed by atoms with Gasteiger partial charge in [-0.15, -0.1) is 0 Å². The number of nitrogens with one attached hydrogen (secondary N) is 3. The number of ether oxygens (including phenoxy) is 1. The minimum atomic E-state index is -0.179. The third kappa shape index (κ3) is 5.58. The van der Waals surface area contributed by atoms with Gasteiger partial charge in [0.15, 0.2) is 5.11 Å². The first-order chi connectivity index (χ1) is 14.5. The lowest BCUT2D eigenvalue weighted by Gasteiger charge is -2.15. The zero-order chi connectivity index (χ0) is 21.5. The van der Waals surface area contributed by atoms with E-state index in [4.69, 9.17) is 17.0 Å². The fourth-order valence-corrected chi connectivity index (χ4v) is 3.22. The standard InChI is InChI=1S/C24H25N3O2S/c1-4-29-21-14-12-19(13-15-21)25-23(28)18-8-10-20(11-9-18)26-24(30)27-22-16(2)6-5-7-17(22)3/h5-15H,4H2,1-3H3,(H,25,28)(H2,26,27,30). The molecule has 0 fully saturated rings. The average molecular weight is 420 g/mol. The first-order valence-electron chi connectivity index (χ1n) is 9.74. The SMILES string of the molecule is CCOc1ccc(NC(=O)c2ccc(NC(=S)Nc3c(C)cccc3C)cc2)cc1. The molecule has 3 rings (SSSR count). The highest BCUT2D eigenvalue weighted by atomic mass is 32.1. The fraction of sp³-hybridized carbons (Fsp3) is 0.167. The van der Waals surface area contributed by atoms with Crippen molar-refractivity contribution in [3.05, 3.63) is 83.4 Å². The molecule has 1 amide bonds. The van der Waals surface area contributed by atoms with Crippen LogP contribution in [0.3, 0.4) is 0 Å². The van der Waals surface area contributed by atoms with Gasteiger partial charge in [0.25, 0.3) is 5.91 Å². The number of rotatable bonds is 6. The lowest BCUT2D eigenvalue weighted by molar-refractivity contribution is 0.102. The van der Waals surface area contributed by atoms with Gasteiger partial charge in [-0.05, 0) is 92.6 Å². The first kappa shape index (κ1) is 21.3. The third-order valence-electron chi connectivity index (χ3n) is 4.55. The normalized spacial score (nSPS) is 10.2. The Morgan fingerprint density at radius 1 is 0.833 bits per heavy atom. The van der Waals surface area contributed by atoms with Crippen LogP contribution >= 0.6 is 12.2 Å². The van der Waals surface area contributed by atoms with Crippen molar-refractivity contribution in [2.75, 3.05) is 22.6 Å². The van der Waals surface area contributed by atoms with Crippen molar-refractivity contribution in [1.82, 2.24) is 0 Å². The molecule has 0 atom stereocenters. The summed E-state index contributed by atoms with van der Waals surface area (Å²) < 4.78 is 5.41. The Kier molecular flexibility index (Phi) is 7.03. The molecule has 0 aromatic heterocycles. The van der Waals surface area contributed by atoms with Crippen molar-refractivity contribution in [1.29, 1.82) is 0 Å². The summed E-state index contributed by atoms with van der Waals surface area (Å²) in [6.07, 6.45) is 0. The van der Waals surface area contributed by atoms with Crippen LogP contribution in [0, 0.1) is 13.8 Å². The van der Waals surface area contributed by atoms with Gasteiger partial charge in [-0.1, -0.05) is 18.2 Å². The Morgan fingerprint density at radius 2 is 1.40 bits per heavy atom. The lowest BCUT2D eigenvalue weighted by atomic mass is 10.1. The quantitative estimate of drug-likeness (QED) is 0.443. The van der Waals surface area contributed by atoms with E-state index in [-0.39, 0.29) is 5.91 Å². The molecule has 3 aromatic rings. The molecule has 0 aliphatic carbocycles. The van der Waals surface area contributed by atoms with E-state index in [0.29, 0.717) is 23.0 Å². The van der Waals surface area contributed by atoms with Crippen LogP contribution in [0.5, 0.6) is 5.75 Å². The summed E-state index contributed by atoms with van der Waals surface area (Å²) >= 11 is 5.43. The van der Waals surface area contributed by atoms with E-state index in [1.165, 1.54) is 0 Å². The Balaban J connectivity index is 1.58. The van der Waals surface area contributed by atoms with Crippen molar-refractivity contribution >= 4 is 40.3 Å². The number of para-hydroxylation sites is 1. The Labute approximate surface area is 182 Å². The van der Waals surface area contributed by atoms with E-state index in [1.54, 1.807) is 12.1 Å². The lowest BCUT2D eigenvalue weighted by Crippen LogP contribution is -2.20. The van der Waals surface area contributed by atoms with E-state index in [2.05, 4.69) is 16.0 Å². The van der Waals surface area contributed by atoms with Crippen molar-refractivity contribution in [3.8, 4) is 5.75 Å². The third-order valence-corrected chi connectivity index (χ3v) is 4.75. The van der Waals surface area contributed by atoms with E-state index < -0.39 is 0 Å². The molecule has 0 radical (unpaired) electrons. The highest BCUT2D eigenvalue weighted by Crippen LogP contribution is 2.20. The van der Waals surface area contributed by atoms with Gasteiger partial charge >= 0.3 is 0 Å². The number of hydrogen-bond acceptors (Lipinski definition) is 3. The molecule has 0 bridgehead atoms. The second-order valence-corrected chi connectivity index (χ2v) is 7.24. The molecule has 0 saturated heterocycles. The summed E-state index contributed by atoms with van der Waals surface area (Å²) in [5.74, 6) is 0.596. The number of carbonyl (C=O) groups excluding carboxylic acids is 1. The number of aryl methyl sites for hydroxylation is 2. The second-order valence-electron chi connectivity index (χ2n) is 6.83. The molecular weight excluding hydrogens is 394 g/mol. The molecule has 3 aromatic carbocycles. The maximum atomic E-state index is 12.5. The van der Waals surface area contributed by atoms with Gasteiger partial charge in [-0.2, -0.15) is 0 Å². The molecule has 0 aliphatic heterocycles. The predicted octanol–water partition coefficient (Wildman–Crippen LogP) is 5.76. The maximum Gasteiger partial charge on any atom is 0.255 e. The van der Waals surface area contributed by atoms with E-state index >= 15 is 0 Å². The molecule has 0 aliphatic rings. The van der Waals surface area contributed by atoms with Gasteiger partial charge in [0.05, 0.1) is 6.61 Å². The molecule has 0 spiro atoms. The van der Waals surface area contributed by atoms with Crippen LogP contribution in [0.2, 0.25) is 0 Å². The number of hydrogen-bond donors (Lipinski definition) is 3. The van der Waals surface area contributed by atoms with Crippen LogP contribution in [0.25, 0.3) is 0 Å². The van der Waals surface area contributed by atoms with Gasteiger partial charge in [0.1, 0.15) is 5.75 Å². The highest BCUT2D eigenvalue weighted by Gasteiger charge is 2.08. The van der Waals surface area contributed by atoms with Gasteiger partial charge in [0, 0.05) is 22.6 Å². The number of benzene rings is 3. The largest absolute Gasteiger partial charge is 0.494 e. The first-order valence-corrected chi connectivity index (χ1v) is 10.2. The van der Waals surface area contributed by atoms with Crippen molar-refractivity contribution in [2.24, 2.45) is 0 Å². The van der Waals surface area contributed by atoms with Crippen molar-refractivity contribution in [2.45, 2.75) is 20.8 Å². The highest BCUT2D eigenvalue weighted by molar-refractivity contribution is 7.80. The van der Waals surface area contributed by atoms with Crippen LogP contribution in [0.1, 0.15) is 28.4 Å². The molecule has 0 saturated carbocycles. The number of anilines is 3. The number of thiocarbonyl (C=S) groups is 1. The molecule has 0 heterocycles. The zero-order valence-electron chi connectivity index (χ0n) is 17.3. The Hall–Kier alpha value is -3.38. The van der Waals surface area contributed by atoms with Crippen molar-refractivity contribution in [3.63, 3.8) is 0 Å². The number of amides is 1. The molecule has 0 unspecified atom stereocenters. The van der Waals surface area contributed by atoms with Gasteiger partial charge in [-0.3, -0.25) is 4.79 Å². The van der Waals surface area contributed by atoms with Crippen LogP contribution in [0.15, 0.2) is 66.7 Å². The monoisotopic (exact) mass is 419 g/mol. The summed E-state index contributed by atoms with van der Waals surface area (Å²) in [5, 5.41) is 9.77. The summed E-state index contributed by atoms with van der Waals surface area (Å²) in [6.45, 7) is 6.61. The minimum Gasteiger partial charge on any atom is -0.494 e. The predicted molar refractivity (Wildman–Crippen MR) is 128 cm³/mol. The minimum absolute atomic E-state index is 0.179. The molecule has 3 N–H and O–H groups in total. The zero-order valence-corrected chi connectivity index (χ0v) is 18.1. The van der Waals surface area contributed by atoms with E-state index in [1.807, 2.05) is 75.4 Å².